The maximum atomic E-state index is 13.2. The molecule has 1 heterocycles. The Morgan fingerprint density at radius 2 is 1.41 bits per heavy atom. The van der Waals surface area contributed by atoms with Crippen molar-refractivity contribution >= 4 is 22.3 Å². The van der Waals surface area contributed by atoms with E-state index < -0.39 is 0 Å². The van der Waals surface area contributed by atoms with Crippen LogP contribution in [0.4, 0.5) is 0 Å². The van der Waals surface area contributed by atoms with Gasteiger partial charge in [-0.2, -0.15) is 0 Å². The largest absolute Gasteiger partial charge is 0.357 e. The van der Waals surface area contributed by atoms with Crippen molar-refractivity contribution in [3.63, 3.8) is 0 Å². The molecule has 3 aromatic rings. The van der Waals surface area contributed by atoms with E-state index >= 15 is 0 Å². The van der Waals surface area contributed by atoms with E-state index in [1.807, 2.05) is 42.5 Å². The molecular formula is C25H23N2O2+. The molecule has 0 spiro atoms. The zero-order chi connectivity index (χ0) is 19.8. The number of ketones is 2. The number of piperazine rings is 1. The van der Waals surface area contributed by atoms with Crippen molar-refractivity contribution in [2.45, 2.75) is 6.54 Å². The Bertz CT molecular complexity index is 1130. The monoisotopic (exact) mass is 383 g/mol. The van der Waals surface area contributed by atoms with Crippen LogP contribution >= 0.6 is 0 Å². The van der Waals surface area contributed by atoms with Crippen LogP contribution in [0.1, 0.15) is 26.3 Å². The Morgan fingerprint density at radius 1 is 0.793 bits per heavy atom. The Hall–Kier alpha value is -3.24. The first-order valence-electron chi connectivity index (χ1n) is 10.1. The summed E-state index contributed by atoms with van der Waals surface area (Å²) >= 11 is 0. The molecule has 29 heavy (non-hydrogen) atoms. The molecular weight excluding hydrogens is 360 g/mol. The number of hydrogen-bond donors (Lipinski definition) is 1. The fourth-order valence-electron chi connectivity index (χ4n) is 4.40. The fraction of sp³-hybridized carbons (Fsp3) is 0.200. The summed E-state index contributed by atoms with van der Waals surface area (Å²) in [6.45, 7) is 4.48. The molecule has 0 unspecified atom stereocenters. The Labute approximate surface area is 170 Å². The van der Waals surface area contributed by atoms with Crippen LogP contribution in [0, 0.1) is 0 Å². The molecule has 1 N–H and O–H groups in total. The Morgan fingerprint density at radius 3 is 2.10 bits per heavy atom. The lowest BCUT2D eigenvalue weighted by atomic mass is 9.89. The molecule has 2 aliphatic rings. The average Bonchev–Trinajstić information content (AvgIpc) is 2.77. The zero-order valence-electron chi connectivity index (χ0n) is 16.2. The lowest BCUT2D eigenvalue weighted by molar-refractivity contribution is -0.917. The van der Waals surface area contributed by atoms with E-state index in [1.54, 1.807) is 6.08 Å². The van der Waals surface area contributed by atoms with Gasteiger partial charge in [0.05, 0.1) is 31.9 Å². The van der Waals surface area contributed by atoms with Crippen molar-refractivity contribution < 1.29 is 14.5 Å². The molecule has 4 heteroatoms. The highest BCUT2D eigenvalue weighted by molar-refractivity contribution is 6.25. The van der Waals surface area contributed by atoms with Gasteiger partial charge in [0.1, 0.15) is 6.54 Å². The Balaban J connectivity index is 1.35. The lowest BCUT2D eigenvalue weighted by Gasteiger charge is -2.35. The number of hydrogen-bond acceptors (Lipinski definition) is 3. The highest BCUT2D eigenvalue weighted by Gasteiger charge is 2.31. The third-order valence-corrected chi connectivity index (χ3v) is 6.00. The molecule has 144 valence electrons. The molecule has 0 bridgehead atoms. The molecule has 3 aromatic carbocycles. The van der Waals surface area contributed by atoms with Crippen LogP contribution in [0.2, 0.25) is 0 Å². The second kappa shape index (κ2) is 7.30. The smallest absolute Gasteiger partial charge is 0.209 e. The predicted octanol–water partition coefficient (Wildman–Crippen LogP) is 2.50. The number of fused-ring (bicyclic) bond motifs is 2. The van der Waals surface area contributed by atoms with E-state index in [0.29, 0.717) is 16.8 Å². The third-order valence-electron chi connectivity index (χ3n) is 6.00. The summed E-state index contributed by atoms with van der Waals surface area (Å²) in [4.78, 5) is 29.6. The van der Waals surface area contributed by atoms with Gasteiger partial charge in [-0.15, -0.1) is 0 Å². The molecule has 0 aromatic heterocycles. The topological polar surface area (TPSA) is 41.8 Å². The number of quaternary nitrogens is 1. The van der Waals surface area contributed by atoms with Gasteiger partial charge in [0.25, 0.3) is 0 Å². The van der Waals surface area contributed by atoms with Gasteiger partial charge in [0, 0.05) is 22.8 Å². The zero-order valence-corrected chi connectivity index (χ0v) is 16.2. The standard InChI is InChI=1S/C25H22N2O2/c28-24-16-23(25(29)22-15-20-9-5-4-8-19(20)14-21(22)24)27-12-10-26(11-13-27)17-18-6-2-1-3-7-18/h1-9,14-16H,10-13,17H2/p+1. The molecule has 0 amide bonds. The van der Waals surface area contributed by atoms with Crippen LogP contribution in [-0.4, -0.2) is 42.6 Å². The van der Waals surface area contributed by atoms with Crippen molar-refractivity contribution in [1.82, 2.24) is 4.90 Å². The number of carbonyl (C=O) groups is 2. The lowest BCUT2D eigenvalue weighted by Crippen LogP contribution is -3.13. The number of nitrogens with one attached hydrogen (secondary N) is 1. The molecule has 1 aliphatic heterocycles. The van der Waals surface area contributed by atoms with Gasteiger partial charge < -0.3 is 9.80 Å². The summed E-state index contributed by atoms with van der Waals surface area (Å²) in [6, 6.07) is 22.1. The number of nitrogens with zero attached hydrogens (tertiary/aromatic N) is 1. The highest BCUT2D eigenvalue weighted by atomic mass is 16.1. The normalized spacial score (nSPS) is 17.4. The SMILES string of the molecule is O=C1C=C(N2CC[NH+](Cc3ccccc3)CC2)C(=O)c2cc3ccccc3cc21. The second-order valence-corrected chi connectivity index (χ2v) is 7.87. The van der Waals surface area contributed by atoms with E-state index in [-0.39, 0.29) is 11.6 Å². The van der Waals surface area contributed by atoms with Crippen molar-refractivity contribution in [2.75, 3.05) is 26.2 Å². The van der Waals surface area contributed by atoms with Crippen LogP contribution in [-0.2, 0) is 6.54 Å². The molecule has 4 nitrogen and oxygen atoms in total. The maximum Gasteiger partial charge on any atom is 0.209 e. The second-order valence-electron chi connectivity index (χ2n) is 7.87. The van der Waals surface area contributed by atoms with E-state index in [0.717, 1.165) is 43.5 Å². The van der Waals surface area contributed by atoms with Gasteiger partial charge in [-0.3, -0.25) is 9.59 Å². The number of rotatable bonds is 3. The molecule has 0 radical (unpaired) electrons. The van der Waals surface area contributed by atoms with Gasteiger partial charge in [0.15, 0.2) is 5.78 Å². The maximum absolute atomic E-state index is 13.2. The summed E-state index contributed by atoms with van der Waals surface area (Å²) in [5, 5.41) is 1.98. The number of benzene rings is 3. The van der Waals surface area contributed by atoms with Crippen molar-refractivity contribution in [3.8, 4) is 0 Å². The van der Waals surface area contributed by atoms with Crippen molar-refractivity contribution in [1.29, 1.82) is 0 Å². The highest BCUT2D eigenvalue weighted by Crippen LogP contribution is 2.28. The van der Waals surface area contributed by atoms with E-state index in [1.165, 1.54) is 10.5 Å². The number of Topliss-reactive ketones (excluding diaryl/α,β-unsaturated/α-hetero) is 1. The summed E-state index contributed by atoms with van der Waals surface area (Å²) in [6.07, 6.45) is 1.54. The van der Waals surface area contributed by atoms with Crippen LogP contribution in [0.25, 0.3) is 10.8 Å². The van der Waals surface area contributed by atoms with Gasteiger partial charge in [-0.05, 0) is 22.9 Å². The van der Waals surface area contributed by atoms with E-state index in [2.05, 4.69) is 29.2 Å². The van der Waals surface area contributed by atoms with Crippen LogP contribution in [0.3, 0.4) is 0 Å². The molecule has 1 saturated heterocycles. The minimum atomic E-state index is -0.0700. The molecule has 0 saturated carbocycles. The number of carbonyl (C=O) groups excluding carboxylic acids is 2. The quantitative estimate of drug-likeness (QED) is 0.756. The first kappa shape index (κ1) is 17.8. The molecule has 1 fully saturated rings. The van der Waals surface area contributed by atoms with Gasteiger partial charge in [-0.1, -0.05) is 54.6 Å². The molecule has 0 atom stereocenters. The van der Waals surface area contributed by atoms with E-state index in [9.17, 15) is 9.59 Å². The minimum Gasteiger partial charge on any atom is -0.357 e. The molecule has 5 rings (SSSR count). The average molecular weight is 383 g/mol. The summed E-state index contributed by atoms with van der Waals surface area (Å²) < 4.78 is 0. The van der Waals surface area contributed by atoms with Crippen LogP contribution in [0.5, 0.6) is 0 Å². The first-order valence-corrected chi connectivity index (χ1v) is 10.1. The minimum absolute atomic E-state index is 0.0307. The molecule has 1 aliphatic carbocycles. The van der Waals surface area contributed by atoms with Gasteiger partial charge in [0.2, 0.25) is 5.78 Å². The third kappa shape index (κ3) is 3.36. The Kier molecular flexibility index (Phi) is 4.49. The number of allylic oxidation sites excluding steroid dienone is 2. The van der Waals surface area contributed by atoms with Gasteiger partial charge in [-0.25, -0.2) is 0 Å². The van der Waals surface area contributed by atoms with Crippen LogP contribution in [0.15, 0.2) is 78.5 Å². The van der Waals surface area contributed by atoms with Crippen molar-refractivity contribution in [3.05, 3.63) is 95.2 Å². The van der Waals surface area contributed by atoms with Crippen molar-refractivity contribution in [2.24, 2.45) is 0 Å². The van der Waals surface area contributed by atoms with Crippen LogP contribution < -0.4 is 4.90 Å². The summed E-state index contributed by atoms with van der Waals surface area (Å²) in [7, 11) is 0. The summed E-state index contributed by atoms with van der Waals surface area (Å²) in [5.74, 6) is -0.101. The van der Waals surface area contributed by atoms with E-state index in [4.69, 9.17) is 0 Å². The van der Waals surface area contributed by atoms with Gasteiger partial charge >= 0.3 is 0 Å². The predicted molar refractivity (Wildman–Crippen MR) is 113 cm³/mol. The fourth-order valence-corrected chi connectivity index (χ4v) is 4.40. The first-order chi connectivity index (χ1) is 14.2. The summed E-state index contributed by atoms with van der Waals surface area (Å²) in [5.41, 5.74) is 2.94.